The normalized spacial score (nSPS) is 13.1. The summed E-state index contributed by atoms with van der Waals surface area (Å²) in [6.45, 7) is 15.6. The van der Waals surface area contributed by atoms with Gasteiger partial charge in [0, 0.05) is 12.1 Å². The fraction of sp³-hybridized carbons (Fsp3) is 1.00. The van der Waals surface area contributed by atoms with Gasteiger partial charge in [-0.3, -0.25) is 14.9 Å². The molecule has 0 saturated carbocycles. The minimum Gasteiger partial charge on any atom is -0.380 e. The number of nitrogens with one attached hydrogen (secondary N) is 3. The Kier molecular flexibility index (Phi) is 8.24. The molecule has 0 heterocycles. The predicted molar refractivity (Wildman–Crippen MR) is 76.9 cm³/mol. The molecule has 0 aromatic carbocycles. The third-order valence-electron chi connectivity index (χ3n) is 2.22. The maximum absolute atomic E-state index is 6.13. The molecule has 0 aromatic rings. The first kappa shape index (κ1) is 17.1. The van der Waals surface area contributed by atoms with Crippen molar-refractivity contribution in [3.05, 3.63) is 0 Å². The Balaban J connectivity index is 4.59. The molecule has 0 radical (unpaired) electrons. The van der Waals surface area contributed by atoms with Gasteiger partial charge in [-0.2, -0.15) is 0 Å². The Bertz CT molecular complexity index is 189. The van der Waals surface area contributed by atoms with Gasteiger partial charge < -0.3 is 4.43 Å². The van der Waals surface area contributed by atoms with Crippen LogP contribution in [0.4, 0.5) is 0 Å². The van der Waals surface area contributed by atoms with Crippen molar-refractivity contribution >= 4 is 8.80 Å². The lowest BCUT2D eigenvalue weighted by atomic mass is 10.1. The average Bonchev–Trinajstić information content (AvgIpc) is 2.16. The quantitative estimate of drug-likeness (QED) is 0.438. The molecule has 0 atom stereocenters. The van der Waals surface area contributed by atoms with Gasteiger partial charge in [0.05, 0.1) is 0 Å². The third-order valence-corrected chi connectivity index (χ3v) is 5.66. The fourth-order valence-electron chi connectivity index (χ4n) is 1.68. The van der Waals surface area contributed by atoms with Crippen molar-refractivity contribution < 1.29 is 4.43 Å². The van der Waals surface area contributed by atoms with Gasteiger partial charge in [-0.15, -0.1) is 0 Å². The largest absolute Gasteiger partial charge is 0.440 e. The van der Waals surface area contributed by atoms with Crippen LogP contribution >= 0.6 is 0 Å². The van der Waals surface area contributed by atoms with Gasteiger partial charge in [-0.05, 0) is 40.3 Å². The summed E-state index contributed by atoms with van der Waals surface area (Å²) in [6, 6.07) is 0. The second-order valence-corrected chi connectivity index (χ2v) is 7.93. The van der Waals surface area contributed by atoms with Gasteiger partial charge in [0.2, 0.25) is 0 Å². The van der Waals surface area contributed by atoms with Crippen molar-refractivity contribution in [3.8, 4) is 0 Å². The summed E-state index contributed by atoms with van der Waals surface area (Å²) in [7, 11) is -2.22. The van der Waals surface area contributed by atoms with Crippen molar-refractivity contribution in [2.45, 2.75) is 59.9 Å². The molecule has 0 spiro atoms. The first-order valence-electron chi connectivity index (χ1n) is 6.82. The Morgan fingerprint density at radius 3 is 1.88 bits per heavy atom. The van der Waals surface area contributed by atoms with Gasteiger partial charge in [0.1, 0.15) is 0 Å². The van der Waals surface area contributed by atoms with Gasteiger partial charge in [0.25, 0.3) is 0 Å². The Morgan fingerprint density at radius 2 is 1.53 bits per heavy atom. The van der Waals surface area contributed by atoms with Crippen LogP contribution in [-0.4, -0.2) is 34.0 Å². The van der Waals surface area contributed by atoms with Crippen molar-refractivity contribution in [1.29, 1.82) is 0 Å². The van der Waals surface area contributed by atoms with Crippen LogP contribution in [0.3, 0.4) is 0 Å². The molecule has 0 aliphatic rings. The van der Waals surface area contributed by atoms with Crippen LogP contribution in [0, 0.1) is 0 Å². The summed E-state index contributed by atoms with van der Waals surface area (Å²) in [5, 5.41) is 0. The molecule has 0 rings (SSSR count). The molecule has 0 bridgehead atoms. The van der Waals surface area contributed by atoms with E-state index in [-0.39, 0.29) is 5.54 Å². The summed E-state index contributed by atoms with van der Waals surface area (Å²) in [5.74, 6) is 0. The van der Waals surface area contributed by atoms with Crippen LogP contribution in [-0.2, 0) is 4.43 Å². The van der Waals surface area contributed by atoms with Crippen LogP contribution in [0.5, 0.6) is 0 Å². The first-order valence-corrected chi connectivity index (χ1v) is 8.73. The highest BCUT2D eigenvalue weighted by atomic mass is 28.4. The van der Waals surface area contributed by atoms with Crippen LogP contribution in [0.1, 0.15) is 54.4 Å². The highest BCUT2D eigenvalue weighted by Gasteiger charge is 2.39. The molecule has 5 heteroatoms. The molecule has 0 unspecified atom stereocenters. The smallest absolute Gasteiger partial charge is 0.380 e. The Hall–Kier alpha value is 0.0569. The number of hydrogen-bond donors (Lipinski definition) is 3. The van der Waals surface area contributed by atoms with E-state index in [1.54, 1.807) is 0 Å². The minimum atomic E-state index is -2.22. The lowest BCUT2D eigenvalue weighted by molar-refractivity contribution is 0.249. The van der Waals surface area contributed by atoms with E-state index in [9.17, 15) is 0 Å². The SMILES string of the molecule is CCCCO[Si](NCC)(NCC)NC(C)(C)C. The van der Waals surface area contributed by atoms with E-state index in [1.807, 2.05) is 0 Å². The molecule has 0 aromatic heterocycles. The van der Waals surface area contributed by atoms with E-state index in [0.717, 1.165) is 32.5 Å². The summed E-state index contributed by atoms with van der Waals surface area (Å²) in [4.78, 5) is 10.6. The number of unbranched alkanes of at least 4 members (excludes halogenated alkanes) is 1. The van der Waals surface area contributed by atoms with Crippen LogP contribution < -0.4 is 14.9 Å². The van der Waals surface area contributed by atoms with E-state index in [2.05, 4.69) is 56.5 Å². The van der Waals surface area contributed by atoms with Gasteiger partial charge in [-0.1, -0.05) is 27.2 Å². The zero-order valence-electron chi connectivity index (χ0n) is 12.4. The lowest BCUT2D eigenvalue weighted by Crippen LogP contribution is -2.77. The Morgan fingerprint density at radius 1 is 1.00 bits per heavy atom. The summed E-state index contributed by atoms with van der Waals surface area (Å²) in [5.41, 5.74) is 0.0444. The maximum Gasteiger partial charge on any atom is 0.440 e. The standard InChI is InChI=1S/C12H31N3OSi/c1-7-10-11-16-17(13-8-2,14-9-3)15-12(4,5)6/h13-15H,7-11H2,1-6H3. The van der Waals surface area contributed by atoms with E-state index in [1.165, 1.54) is 0 Å². The highest BCUT2D eigenvalue weighted by Crippen LogP contribution is 2.05. The molecular formula is C12H31N3OSi. The fourth-order valence-corrected chi connectivity index (χ4v) is 4.77. The van der Waals surface area contributed by atoms with E-state index >= 15 is 0 Å². The van der Waals surface area contributed by atoms with Crippen molar-refractivity contribution in [2.75, 3.05) is 19.7 Å². The second-order valence-electron chi connectivity index (χ2n) is 5.32. The van der Waals surface area contributed by atoms with E-state index < -0.39 is 8.80 Å². The van der Waals surface area contributed by atoms with E-state index in [4.69, 9.17) is 4.43 Å². The average molecular weight is 261 g/mol. The van der Waals surface area contributed by atoms with Crippen molar-refractivity contribution in [2.24, 2.45) is 0 Å². The lowest BCUT2D eigenvalue weighted by Gasteiger charge is -2.37. The van der Waals surface area contributed by atoms with Gasteiger partial charge >= 0.3 is 8.80 Å². The zero-order chi connectivity index (χ0) is 13.4. The van der Waals surface area contributed by atoms with Crippen LogP contribution in [0.15, 0.2) is 0 Å². The van der Waals surface area contributed by atoms with Gasteiger partial charge in [0.15, 0.2) is 0 Å². The van der Waals surface area contributed by atoms with Crippen LogP contribution in [0.25, 0.3) is 0 Å². The molecule has 0 saturated heterocycles. The molecule has 0 aliphatic heterocycles. The zero-order valence-corrected chi connectivity index (χ0v) is 13.4. The summed E-state index contributed by atoms with van der Waals surface area (Å²) < 4.78 is 6.13. The molecule has 17 heavy (non-hydrogen) atoms. The number of rotatable bonds is 9. The molecule has 3 N–H and O–H groups in total. The summed E-state index contributed by atoms with van der Waals surface area (Å²) >= 11 is 0. The third kappa shape index (κ3) is 7.89. The van der Waals surface area contributed by atoms with E-state index in [0.29, 0.717) is 0 Å². The number of hydrogen-bond acceptors (Lipinski definition) is 4. The molecule has 0 fully saturated rings. The minimum absolute atomic E-state index is 0.0444. The predicted octanol–water partition coefficient (Wildman–Crippen LogP) is 1.85. The maximum atomic E-state index is 6.13. The molecule has 4 nitrogen and oxygen atoms in total. The molecule has 0 aliphatic carbocycles. The summed E-state index contributed by atoms with van der Waals surface area (Å²) in [6.07, 6.45) is 2.27. The van der Waals surface area contributed by atoms with Crippen LogP contribution in [0.2, 0.25) is 0 Å². The molecular weight excluding hydrogens is 230 g/mol. The molecule has 0 amide bonds. The highest BCUT2D eigenvalue weighted by molar-refractivity contribution is 6.66. The second kappa shape index (κ2) is 8.21. The van der Waals surface area contributed by atoms with Crippen molar-refractivity contribution in [1.82, 2.24) is 14.9 Å². The van der Waals surface area contributed by atoms with Crippen molar-refractivity contribution in [3.63, 3.8) is 0 Å². The first-order chi connectivity index (χ1) is 7.89. The monoisotopic (exact) mass is 261 g/mol. The van der Waals surface area contributed by atoms with Gasteiger partial charge in [-0.25, -0.2) is 0 Å². The topological polar surface area (TPSA) is 45.3 Å². The molecule has 104 valence electrons. The Labute approximate surface area is 108 Å².